The Kier molecular flexibility index (Phi) is 8.50. The summed E-state index contributed by atoms with van der Waals surface area (Å²) in [7, 11) is 0. The molecule has 3 rings (SSSR count). The molecule has 1 aliphatic rings. The molecular formula is C26H30BrN3O4. The van der Waals surface area contributed by atoms with E-state index in [0.29, 0.717) is 40.1 Å². The van der Waals surface area contributed by atoms with Gasteiger partial charge in [-0.3, -0.25) is 9.69 Å². The summed E-state index contributed by atoms with van der Waals surface area (Å²) < 4.78 is 6.23. The van der Waals surface area contributed by atoms with Crippen LogP contribution < -0.4 is 10.6 Å². The number of halogens is 1. The molecule has 34 heavy (non-hydrogen) atoms. The molecule has 2 aromatic carbocycles. The van der Waals surface area contributed by atoms with Gasteiger partial charge in [0.25, 0.3) is 5.91 Å². The number of carbonyl (C=O) groups excluding carboxylic acids is 3. The number of allylic oxidation sites excluding steroid dienone is 1. The second-order valence-electron chi connectivity index (χ2n) is 8.58. The molecule has 0 saturated carbocycles. The van der Waals surface area contributed by atoms with Gasteiger partial charge in [-0.1, -0.05) is 45.0 Å². The number of nitrogens with zero attached hydrogens (tertiary/aromatic N) is 1. The van der Waals surface area contributed by atoms with Gasteiger partial charge in [-0.25, -0.2) is 9.59 Å². The average Bonchev–Trinajstić information content (AvgIpc) is 2.80. The highest BCUT2D eigenvalue weighted by molar-refractivity contribution is 9.10. The third kappa shape index (κ3) is 5.86. The van der Waals surface area contributed by atoms with Crippen molar-refractivity contribution in [3.63, 3.8) is 0 Å². The lowest BCUT2D eigenvalue weighted by Gasteiger charge is -2.35. The summed E-state index contributed by atoms with van der Waals surface area (Å²) >= 11 is 3.39. The highest BCUT2D eigenvalue weighted by atomic mass is 79.9. The van der Waals surface area contributed by atoms with Gasteiger partial charge in [0.2, 0.25) is 0 Å². The van der Waals surface area contributed by atoms with Gasteiger partial charge in [0.05, 0.1) is 23.8 Å². The Bertz CT molecular complexity index is 1100. The molecule has 0 radical (unpaired) electrons. The van der Waals surface area contributed by atoms with Gasteiger partial charge in [0.15, 0.2) is 0 Å². The predicted molar refractivity (Wildman–Crippen MR) is 135 cm³/mol. The Labute approximate surface area is 208 Å². The van der Waals surface area contributed by atoms with Crippen LogP contribution in [0.25, 0.3) is 0 Å². The number of hydrogen-bond acceptors (Lipinski definition) is 4. The topological polar surface area (TPSA) is 87.7 Å². The van der Waals surface area contributed by atoms with E-state index in [1.54, 1.807) is 54.3 Å². The van der Waals surface area contributed by atoms with Crippen LogP contribution in [0.5, 0.6) is 0 Å². The molecule has 1 atom stereocenters. The summed E-state index contributed by atoms with van der Waals surface area (Å²) in [5.74, 6) is -0.487. The Balaban J connectivity index is 1.87. The number of anilines is 1. The molecule has 0 aliphatic carbocycles. The first-order valence-electron chi connectivity index (χ1n) is 11.3. The SMILES string of the molecule is CCCN1C(=O)NC(c2ccc(NC(=O)c3ccccc3Br)cc2)C(C(=O)OCC(C)C)=C1C. The molecule has 2 N–H and O–H groups in total. The van der Waals surface area contributed by atoms with E-state index in [0.717, 1.165) is 12.0 Å². The third-order valence-electron chi connectivity index (χ3n) is 5.43. The molecule has 1 heterocycles. The number of esters is 1. The average molecular weight is 528 g/mol. The molecule has 1 aliphatic heterocycles. The zero-order valence-corrected chi connectivity index (χ0v) is 21.4. The Morgan fingerprint density at radius 3 is 2.44 bits per heavy atom. The second-order valence-corrected chi connectivity index (χ2v) is 9.44. The molecule has 7 nitrogen and oxygen atoms in total. The number of ether oxygens (including phenoxy) is 1. The normalized spacial score (nSPS) is 15.9. The predicted octanol–water partition coefficient (Wildman–Crippen LogP) is 5.65. The number of benzene rings is 2. The summed E-state index contributed by atoms with van der Waals surface area (Å²) in [4.78, 5) is 40.0. The number of hydrogen-bond donors (Lipinski definition) is 2. The standard InChI is InChI=1S/C26H30BrN3O4/c1-5-14-30-17(4)22(25(32)34-15-16(2)3)23(29-26(30)33)18-10-12-19(13-11-18)28-24(31)20-8-6-7-9-21(20)27/h6-13,16,23H,5,14-15H2,1-4H3,(H,28,31)(H,29,33). The minimum atomic E-state index is -0.645. The fourth-order valence-corrected chi connectivity index (χ4v) is 4.18. The summed E-state index contributed by atoms with van der Waals surface area (Å²) in [6, 6.07) is 13.4. The highest BCUT2D eigenvalue weighted by Crippen LogP contribution is 2.32. The van der Waals surface area contributed by atoms with E-state index in [1.165, 1.54) is 0 Å². The monoisotopic (exact) mass is 527 g/mol. The molecule has 3 amide bonds. The van der Waals surface area contributed by atoms with Crippen molar-refractivity contribution in [2.24, 2.45) is 5.92 Å². The van der Waals surface area contributed by atoms with Crippen molar-refractivity contribution in [3.8, 4) is 0 Å². The van der Waals surface area contributed by atoms with Gasteiger partial charge in [-0.2, -0.15) is 0 Å². The smallest absolute Gasteiger partial charge is 0.338 e. The van der Waals surface area contributed by atoms with E-state index in [4.69, 9.17) is 4.74 Å². The minimum absolute atomic E-state index is 0.195. The van der Waals surface area contributed by atoms with Crippen molar-refractivity contribution in [1.29, 1.82) is 0 Å². The molecule has 2 aromatic rings. The lowest BCUT2D eigenvalue weighted by Crippen LogP contribution is -2.48. The Morgan fingerprint density at radius 1 is 1.15 bits per heavy atom. The van der Waals surface area contributed by atoms with Gasteiger partial charge in [-0.05, 0) is 65.0 Å². The van der Waals surface area contributed by atoms with Crippen LogP contribution in [0.3, 0.4) is 0 Å². The Morgan fingerprint density at radius 2 is 1.82 bits per heavy atom. The molecular weight excluding hydrogens is 498 g/mol. The van der Waals surface area contributed by atoms with Crippen molar-refractivity contribution in [1.82, 2.24) is 10.2 Å². The molecule has 0 spiro atoms. The number of rotatable bonds is 8. The summed E-state index contributed by atoms with van der Waals surface area (Å²) in [6.45, 7) is 8.50. The minimum Gasteiger partial charge on any atom is -0.462 e. The van der Waals surface area contributed by atoms with E-state index in [9.17, 15) is 14.4 Å². The van der Waals surface area contributed by atoms with Crippen LogP contribution in [0.2, 0.25) is 0 Å². The first-order chi connectivity index (χ1) is 16.2. The van der Waals surface area contributed by atoms with Crippen LogP contribution in [0, 0.1) is 5.92 Å². The molecule has 1 unspecified atom stereocenters. The van der Waals surface area contributed by atoms with Crippen LogP contribution in [-0.2, 0) is 9.53 Å². The summed E-state index contributed by atoms with van der Waals surface area (Å²) in [6.07, 6.45) is 0.760. The number of carbonyl (C=O) groups is 3. The lowest BCUT2D eigenvalue weighted by atomic mass is 9.94. The van der Waals surface area contributed by atoms with E-state index < -0.39 is 12.0 Å². The van der Waals surface area contributed by atoms with Gasteiger partial charge < -0.3 is 15.4 Å². The zero-order chi connectivity index (χ0) is 24.8. The molecule has 8 heteroatoms. The van der Waals surface area contributed by atoms with Crippen molar-refractivity contribution in [2.75, 3.05) is 18.5 Å². The zero-order valence-electron chi connectivity index (χ0n) is 19.9. The summed E-state index contributed by atoms with van der Waals surface area (Å²) in [5, 5.41) is 5.81. The van der Waals surface area contributed by atoms with E-state index in [1.807, 2.05) is 26.8 Å². The second kappa shape index (κ2) is 11.3. The molecule has 0 fully saturated rings. The number of nitrogens with one attached hydrogen (secondary N) is 2. The number of urea groups is 1. The third-order valence-corrected chi connectivity index (χ3v) is 6.12. The van der Waals surface area contributed by atoms with E-state index in [2.05, 4.69) is 26.6 Å². The number of amides is 3. The fourth-order valence-electron chi connectivity index (χ4n) is 3.71. The maximum Gasteiger partial charge on any atom is 0.338 e. The Hall–Kier alpha value is -3.13. The van der Waals surface area contributed by atoms with Crippen molar-refractivity contribution < 1.29 is 19.1 Å². The van der Waals surface area contributed by atoms with Crippen LogP contribution >= 0.6 is 15.9 Å². The quantitative estimate of drug-likeness (QED) is 0.434. The van der Waals surface area contributed by atoms with Crippen molar-refractivity contribution >= 4 is 39.5 Å². The van der Waals surface area contributed by atoms with Crippen LogP contribution in [-0.4, -0.2) is 36.0 Å². The van der Waals surface area contributed by atoms with Crippen LogP contribution in [0.4, 0.5) is 10.5 Å². The maximum atomic E-state index is 13.0. The van der Waals surface area contributed by atoms with Gasteiger partial charge in [0, 0.05) is 22.4 Å². The fraction of sp³-hybridized carbons (Fsp3) is 0.346. The highest BCUT2D eigenvalue weighted by Gasteiger charge is 2.36. The van der Waals surface area contributed by atoms with Gasteiger partial charge in [0.1, 0.15) is 0 Å². The largest absolute Gasteiger partial charge is 0.462 e. The van der Waals surface area contributed by atoms with Crippen LogP contribution in [0.1, 0.15) is 56.1 Å². The van der Waals surface area contributed by atoms with Crippen molar-refractivity contribution in [2.45, 2.75) is 40.2 Å². The van der Waals surface area contributed by atoms with Crippen molar-refractivity contribution in [3.05, 3.63) is 75.4 Å². The van der Waals surface area contributed by atoms with Gasteiger partial charge in [-0.15, -0.1) is 0 Å². The van der Waals surface area contributed by atoms with E-state index >= 15 is 0 Å². The molecule has 0 saturated heterocycles. The molecule has 0 bridgehead atoms. The van der Waals surface area contributed by atoms with Gasteiger partial charge >= 0.3 is 12.0 Å². The lowest BCUT2D eigenvalue weighted by molar-refractivity contribution is -0.140. The first kappa shape index (κ1) is 25.5. The molecule has 180 valence electrons. The van der Waals surface area contributed by atoms with Crippen LogP contribution in [0.15, 0.2) is 64.3 Å². The molecule has 0 aromatic heterocycles. The van der Waals surface area contributed by atoms with E-state index in [-0.39, 0.29) is 17.9 Å². The summed E-state index contributed by atoms with van der Waals surface area (Å²) in [5.41, 5.74) is 2.85. The maximum absolute atomic E-state index is 13.0. The first-order valence-corrected chi connectivity index (χ1v) is 12.1.